The number of nitro groups is 1. The van der Waals surface area contributed by atoms with Gasteiger partial charge in [0.05, 0.1) is 16.7 Å². The zero-order valence-corrected chi connectivity index (χ0v) is 9.55. The fourth-order valence-corrected chi connectivity index (χ4v) is 1.74. The van der Waals surface area contributed by atoms with Crippen LogP contribution < -0.4 is 0 Å². The molecule has 2 aromatic rings. The molecule has 0 aliphatic rings. The number of carboxylic acid groups (broad SMARTS) is 1. The van der Waals surface area contributed by atoms with Crippen molar-refractivity contribution in [3.8, 4) is 11.1 Å². The van der Waals surface area contributed by atoms with E-state index in [1.165, 1.54) is 18.2 Å². The van der Waals surface area contributed by atoms with Crippen LogP contribution in [0.15, 0.2) is 34.9 Å². The van der Waals surface area contributed by atoms with Crippen molar-refractivity contribution in [1.82, 2.24) is 0 Å². The minimum atomic E-state index is -1.29. The second kappa shape index (κ2) is 4.50. The van der Waals surface area contributed by atoms with Crippen LogP contribution in [0.25, 0.3) is 11.1 Å². The fraction of sp³-hybridized carbons (Fsp3) is 0. The molecule has 0 aliphatic heterocycles. The maximum atomic E-state index is 10.9. The highest BCUT2D eigenvalue weighted by Crippen LogP contribution is 2.34. The maximum Gasteiger partial charge on any atom is 0.372 e. The SMILES string of the molecule is O=C(O)c1occc1-c1ccc(Cl)cc1[N+](=O)[O-]. The first-order chi connectivity index (χ1) is 8.50. The first-order valence-corrected chi connectivity index (χ1v) is 5.13. The largest absolute Gasteiger partial charge is 0.475 e. The Labute approximate surface area is 106 Å². The highest BCUT2D eigenvalue weighted by Gasteiger charge is 2.23. The highest BCUT2D eigenvalue weighted by molar-refractivity contribution is 6.31. The molecule has 0 aliphatic carbocycles. The third kappa shape index (κ3) is 2.05. The van der Waals surface area contributed by atoms with Gasteiger partial charge >= 0.3 is 5.97 Å². The number of aromatic carboxylic acids is 1. The lowest BCUT2D eigenvalue weighted by molar-refractivity contribution is -0.384. The summed E-state index contributed by atoms with van der Waals surface area (Å²) in [6.45, 7) is 0. The molecule has 0 saturated heterocycles. The second-order valence-corrected chi connectivity index (χ2v) is 3.82. The van der Waals surface area contributed by atoms with E-state index in [-0.39, 0.29) is 27.6 Å². The molecule has 0 spiro atoms. The Hall–Kier alpha value is -2.34. The average molecular weight is 268 g/mol. The molecular formula is C11H6ClNO5. The van der Waals surface area contributed by atoms with E-state index in [2.05, 4.69) is 0 Å². The Morgan fingerprint density at radius 3 is 2.67 bits per heavy atom. The monoisotopic (exact) mass is 267 g/mol. The van der Waals surface area contributed by atoms with Gasteiger partial charge in [0.2, 0.25) is 5.76 Å². The molecule has 0 radical (unpaired) electrons. The number of benzene rings is 1. The van der Waals surface area contributed by atoms with Crippen LogP contribution in [0.3, 0.4) is 0 Å². The van der Waals surface area contributed by atoms with E-state index in [9.17, 15) is 14.9 Å². The lowest BCUT2D eigenvalue weighted by Crippen LogP contribution is -1.98. The molecule has 92 valence electrons. The van der Waals surface area contributed by atoms with Gasteiger partial charge in [0.1, 0.15) is 0 Å². The lowest BCUT2D eigenvalue weighted by atomic mass is 10.0. The summed E-state index contributed by atoms with van der Waals surface area (Å²) in [6.07, 6.45) is 1.16. The highest BCUT2D eigenvalue weighted by atomic mass is 35.5. The number of halogens is 1. The van der Waals surface area contributed by atoms with Crippen molar-refractivity contribution in [1.29, 1.82) is 0 Å². The van der Waals surface area contributed by atoms with Crippen LogP contribution in [-0.2, 0) is 0 Å². The van der Waals surface area contributed by atoms with Gasteiger partial charge in [-0.1, -0.05) is 11.6 Å². The van der Waals surface area contributed by atoms with E-state index >= 15 is 0 Å². The average Bonchev–Trinajstić information content (AvgIpc) is 2.77. The third-order valence-corrected chi connectivity index (χ3v) is 2.54. The lowest BCUT2D eigenvalue weighted by Gasteiger charge is -2.02. The first-order valence-electron chi connectivity index (χ1n) is 4.76. The molecule has 1 N–H and O–H groups in total. The minimum Gasteiger partial charge on any atom is -0.475 e. The Kier molecular flexibility index (Phi) is 3.03. The molecular weight excluding hydrogens is 262 g/mol. The molecule has 0 unspecified atom stereocenters. The smallest absolute Gasteiger partial charge is 0.372 e. The van der Waals surface area contributed by atoms with E-state index in [0.29, 0.717) is 0 Å². The van der Waals surface area contributed by atoms with Crippen LogP contribution in [0.5, 0.6) is 0 Å². The summed E-state index contributed by atoms with van der Waals surface area (Å²) in [7, 11) is 0. The van der Waals surface area contributed by atoms with Crippen LogP contribution >= 0.6 is 11.6 Å². The molecule has 0 fully saturated rings. The molecule has 6 nitrogen and oxygen atoms in total. The van der Waals surface area contributed by atoms with Gasteiger partial charge < -0.3 is 9.52 Å². The number of furan rings is 1. The Bertz CT molecular complexity index is 634. The van der Waals surface area contributed by atoms with E-state index < -0.39 is 10.9 Å². The van der Waals surface area contributed by atoms with E-state index in [4.69, 9.17) is 21.1 Å². The minimum absolute atomic E-state index is 0.144. The van der Waals surface area contributed by atoms with Crippen LogP contribution in [0, 0.1) is 10.1 Å². The number of hydrogen-bond donors (Lipinski definition) is 1. The number of carboxylic acids is 1. The van der Waals surface area contributed by atoms with Crippen molar-refractivity contribution in [2.24, 2.45) is 0 Å². The third-order valence-electron chi connectivity index (χ3n) is 2.31. The van der Waals surface area contributed by atoms with Gasteiger partial charge in [0.15, 0.2) is 0 Å². The molecule has 0 saturated carbocycles. The summed E-state index contributed by atoms with van der Waals surface area (Å²) in [5.74, 6) is -1.64. The second-order valence-electron chi connectivity index (χ2n) is 3.39. The maximum absolute atomic E-state index is 10.9. The standard InChI is InChI=1S/C11H6ClNO5/c12-6-1-2-7(9(5-6)13(16)17)8-3-4-18-10(8)11(14)15/h1-5H,(H,14,15). The topological polar surface area (TPSA) is 93.6 Å². The predicted molar refractivity (Wildman–Crippen MR) is 62.8 cm³/mol. The molecule has 2 rings (SSSR count). The first kappa shape index (κ1) is 12.1. The van der Waals surface area contributed by atoms with E-state index in [1.54, 1.807) is 0 Å². The normalized spacial score (nSPS) is 10.3. The van der Waals surface area contributed by atoms with Crippen LogP contribution in [0.2, 0.25) is 5.02 Å². The van der Waals surface area contributed by atoms with Crippen molar-refractivity contribution >= 4 is 23.3 Å². The summed E-state index contributed by atoms with van der Waals surface area (Å²) < 4.78 is 4.79. The fourth-order valence-electron chi connectivity index (χ4n) is 1.57. The zero-order valence-electron chi connectivity index (χ0n) is 8.79. The molecule has 1 aromatic heterocycles. The Morgan fingerprint density at radius 2 is 2.06 bits per heavy atom. The summed E-state index contributed by atoms with van der Waals surface area (Å²) >= 11 is 5.68. The molecule has 0 amide bonds. The summed E-state index contributed by atoms with van der Waals surface area (Å²) in [4.78, 5) is 21.2. The molecule has 0 bridgehead atoms. The van der Waals surface area contributed by atoms with Crippen LogP contribution in [0.4, 0.5) is 5.69 Å². The van der Waals surface area contributed by atoms with Crippen molar-refractivity contribution in [2.45, 2.75) is 0 Å². The van der Waals surface area contributed by atoms with E-state index in [0.717, 1.165) is 12.3 Å². The summed E-state index contributed by atoms with van der Waals surface area (Å²) in [5.41, 5.74) is 0.0211. The molecule has 1 heterocycles. The quantitative estimate of drug-likeness (QED) is 0.681. The van der Waals surface area contributed by atoms with Gasteiger partial charge in [0.25, 0.3) is 5.69 Å². The van der Waals surface area contributed by atoms with E-state index in [1.807, 2.05) is 0 Å². The predicted octanol–water partition coefficient (Wildman–Crippen LogP) is 3.21. The summed E-state index contributed by atoms with van der Waals surface area (Å²) in [6, 6.07) is 5.36. The van der Waals surface area contributed by atoms with Crippen LogP contribution in [0.1, 0.15) is 10.6 Å². The molecule has 7 heteroatoms. The van der Waals surface area contributed by atoms with Gasteiger partial charge in [-0.05, 0) is 18.2 Å². The Balaban J connectivity index is 2.67. The van der Waals surface area contributed by atoms with Crippen molar-refractivity contribution < 1.29 is 19.2 Å². The van der Waals surface area contributed by atoms with Gasteiger partial charge in [-0.3, -0.25) is 10.1 Å². The van der Waals surface area contributed by atoms with Crippen molar-refractivity contribution in [3.63, 3.8) is 0 Å². The Morgan fingerprint density at radius 1 is 1.33 bits per heavy atom. The number of hydrogen-bond acceptors (Lipinski definition) is 4. The van der Waals surface area contributed by atoms with Gasteiger partial charge in [-0.25, -0.2) is 4.79 Å². The van der Waals surface area contributed by atoms with Crippen LogP contribution in [-0.4, -0.2) is 16.0 Å². The summed E-state index contributed by atoms with van der Waals surface area (Å²) in [5, 5.41) is 20.0. The van der Waals surface area contributed by atoms with Gasteiger partial charge in [-0.2, -0.15) is 0 Å². The van der Waals surface area contributed by atoms with Crippen molar-refractivity contribution in [3.05, 3.63) is 51.4 Å². The number of rotatable bonds is 3. The molecule has 1 aromatic carbocycles. The van der Waals surface area contributed by atoms with Crippen molar-refractivity contribution in [2.75, 3.05) is 0 Å². The number of carbonyl (C=O) groups is 1. The number of nitrogens with zero attached hydrogens (tertiary/aromatic N) is 1. The van der Waals surface area contributed by atoms with Gasteiger partial charge in [0, 0.05) is 16.7 Å². The molecule has 0 atom stereocenters. The number of nitro benzene ring substituents is 1. The molecule has 18 heavy (non-hydrogen) atoms. The van der Waals surface area contributed by atoms with Gasteiger partial charge in [-0.15, -0.1) is 0 Å². The zero-order chi connectivity index (χ0) is 13.3.